The molecule has 0 aromatic carbocycles. The Morgan fingerprint density at radius 3 is 2.68 bits per heavy atom. The lowest BCUT2D eigenvalue weighted by molar-refractivity contribution is -0.117. The summed E-state index contributed by atoms with van der Waals surface area (Å²) in [5.74, 6) is -0.306. The third-order valence-corrected chi connectivity index (χ3v) is 3.51. The molecule has 0 saturated carbocycles. The number of hydrogen-bond acceptors (Lipinski definition) is 4. The molecule has 1 aromatic heterocycles. The second-order valence-corrected chi connectivity index (χ2v) is 5.17. The van der Waals surface area contributed by atoms with Crippen LogP contribution in [0.15, 0.2) is 36.3 Å². The highest BCUT2D eigenvalue weighted by molar-refractivity contribution is 5.97. The zero-order valence-electron chi connectivity index (χ0n) is 13.5. The third-order valence-electron chi connectivity index (χ3n) is 3.51. The minimum absolute atomic E-state index is 0.0659. The standard InChI is InChI=1S/C17H24N4O/c1-4-14(3)20-17(22)16(12-18)13-21(5-2)11-8-15-6-9-19-10-7-15/h6-7,9-10,13-14H,4-5,8,11H2,1-3H3,(H,20,22)/b16-13-. The van der Waals surface area contributed by atoms with Crippen LogP contribution in [0.2, 0.25) is 0 Å². The Hall–Kier alpha value is -2.35. The lowest BCUT2D eigenvalue weighted by Crippen LogP contribution is -2.33. The van der Waals surface area contributed by atoms with Crippen LogP contribution in [0.25, 0.3) is 0 Å². The Morgan fingerprint density at radius 2 is 2.14 bits per heavy atom. The fourth-order valence-electron chi connectivity index (χ4n) is 1.86. The van der Waals surface area contributed by atoms with E-state index < -0.39 is 0 Å². The van der Waals surface area contributed by atoms with Gasteiger partial charge in [0.1, 0.15) is 11.6 Å². The van der Waals surface area contributed by atoms with Gasteiger partial charge in [0, 0.05) is 37.7 Å². The number of carbonyl (C=O) groups is 1. The number of likely N-dealkylation sites (N-methyl/N-ethyl adjacent to an activating group) is 1. The average Bonchev–Trinajstić information content (AvgIpc) is 2.55. The van der Waals surface area contributed by atoms with Crippen LogP contribution in [0.5, 0.6) is 0 Å². The molecule has 0 aliphatic rings. The summed E-state index contributed by atoms with van der Waals surface area (Å²) >= 11 is 0. The van der Waals surface area contributed by atoms with Gasteiger partial charge in [-0.3, -0.25) is 9.78 Å². The fourth-order valence-corrected chi connectivity index (χ4v) is 1.86. The van der Waals surface area contributed by atoms with Crippen LogP contribution in [0.1, 0.15) is 32.8 Å². The second-order valence-electron chi connectivity index (χ2n) is 5.17. The van der Waals surface area contributed by atoms with Gasteiger partial charge in [-0.15, -0.1) is 0 Å². The van der Waals surface area contributed by atoms with Crippen molar-refractivity contribution in [1.82, 2.24) is 15.2 Å². The van der Waals surface area contributed by atoms with Crippen LogP contribution >= 0.6 is 0 Å². The van der Waals surface area contributed by atoms with Gasteiger partial charge in [0.2, 0.25) is 0 Å². The number of pyridine rings is 1. The van der Waals surface area contributed by atoms with Crippen LogP contribution in [0, 0.1) is 11.3 Å². The highest BCUT2D eigenvalue weighted by atomic mass is 16.1. The van der Waals surface area contributed by atoms with Gasteiger partial charge in [-0.05, 0) is 44.4 Å². The Balaban J connectivity index is 2.67. The quantitative estimate of drug-likeness (QED) is 0.590. The molecule has 0 saturated heterocycles. The summed E-state index contributed by atoms with van der Waals surface area (Å²) in [5, 5.41) is 12.0. The number of aromatic nitrogens is 1. The molecule has 1 N–H and O–H groups in total. The van der Waals surface area contributed by atoms with Crippen molar-refractivity contribution < 1.29 is 4.79 Å². The van der Waals surface area contributed by atoms with Gasteiger partial charge in [0.25, 0.3) is 5.91 Å². The highest BCUT2D eigenvalue weighted by Gasteiger charge is 2.12. The first-order valence-electron chi connectivity index (χ1n) is 7.66. The molecular weight excluding hydrogens is 276 g/mol. The van der Waals surface area contributed by atoms with E-state index in [1.165, 1.54) is 5.56 Å². The SMILES string of the molecule is CCC(C)NC(=O)/C(C#N)=C\N(CC)CCc1ccncc1. The molecule has 1 aromatic rings. The van der Waals surface area contributed by atoms with Gasteiger partial charge in [-0.1, -0.05) is 6.92 Å². The summed E-state index contributed by atoms with van der Waals surface area (Å²) in [7, 11) is 0. The van der Waals surface area contributed by atoms with E-state index >= 15 is 0 Å². The summed E-state index contributed by atoms with van der Waals surface area (Å²) < 4.78 is 0. The molecule has 0 aliphatic carbocycles. The summed E-state index contributed by atoms with van der Waals surface area (Å²) in [6.07, 6.45) is 6.87. The molecule has 0 spiro atoms. The zero-order valence-corrected chi connectivity index (χ0v) is 13.5. The van der Waals surface area contributed by atoms with Crippen molar-refractivity contribution in [2.24, 2.45) is 0 Å². The van der Waals surface area contributed by atoms with Crippen molar-refractivity contribution in [3.8, 4) is 6.07 Å². The van der Waals surface area contributed by atoms with E-state index in [9.17, 15) is 10.1 Å². The Kier molecular flexibility index (Phi) is 7.69. The molecule has 1 rings (SSSR count). The summed E-state index contributed by atoms with van der Waals surface area (Å²) in [4.78, 5) is 18.0. The zero-order chi connectivity index (χ0) is 16.4. The summed E-state index contributed by atoms with van der Waals surface area (Å²) in [5.41, 5.74) is 1.33. The number of rotatable bonds is 8. The van der Waals surface area contributed by atoms with Gasteiger partial charge in [-0.2, -0.15) is 5.26 Å². The molecule has 5 heteroatoms. The lowest BCUT2D eigenvalue weighted by atomic mass is 10.2. The van der Waals surface area contributed by atoms with Gasteiger partial charge in [-0.25, -0.2) is 0 Å². The molecule has 1 amide bonds. The smallest absolute Gasteiger partial charge is 0.263 e. The van der Waals surface area contributed by atoms with Gasteiger partial charge >= 0.3 is 0 Å². The Labute approximate surface area is 132 Å². The topological polar surface area (TPSA) is 69.0 Å². The number of carbonyl (C=O) groups excluding carboxylic acids is 1. The first-order valence-corrected chi connectivity index (χ1v) is 7.66. The Bertz CT molecular complexity index is 533. The molecule has 0 fully saturated rings. The van der Waals surface area contributed by atoms with E-state index in [4.69, 9.17) is 0 Å². The summed E-state index contributed by atoms with van der Waals surface area (Å²) in [6, 6.07) is 6.00. The number of nitriles is 1. The lowest BCUT2D eigenvalue weighted by Gasteiger charge is -2.19. The number of nitrogens with zero attached hydrogens (tertiary/aromatic N) is 3. The van der Waals surface area contributed by atoms with E-state index in [2.05, 4.69) is 10.3 Å². The van der Waals surface area contributed by atoms with E-state index in [0.717, 1.165) is 25.9 Å². The average molecular weight is 300 g/mol. The number of amides is 1. The van der Waals surface area contributed by atoms with Gasteiger partial charge < -0.3 is 10.2 Å². The van der Waals surface area contributed by atoms with Crippen molar-refractivity contribution >= 4 is 5.91 Å². The minimum Gasteiger partial charge on any atom is -0.376 e. The van der Waals surface area contributed by atoms with Crippen LogP contribution in [0.3, 0.4) is 0 Å². The largest absolute Gasteiger partial charge is 0.376 e. The predicted molar refractivity (Wildman–Crippen MR) is 86.8 cm³/mol. The van der Waals surface area contributed by atoms with Crippen molar-refractivity contribution in [1.29, 1.82) is 5.26 Å². The molecule has 0 bridgehead atoms. The third kappa shape index (κ3) is 5.96. The second kappa shape index (κ2) is 9.56. The molecule has 1 heterocycles. The van der Waals surface area contributed by atoms with Crippen molar-refractivity contribution in [3.63, 3.8) is 0 Å². The maximum atomic E-state index is 12.0. The Morgan fingerprint density at radius 1 is 1.45 bits per heavy atom. The van der Waals surface area contributed by atoms with E-state index in [0.29, 0.717) is 0 Å². The maximum absolute atomic E-state index is 12.0. The monoisotopic (exact) mass is 300 g/mol. The molecular formula is C17H24N4O. The molecule has 0 aliphatic heterocycles. The highest BCUT2D eigenvalue weighted by Crippen LogP contribution is 2.04. The van der Waals surface area contributed by atoms with Crippen molar-refractivity contribution in [2.75, 3.05) is 13.1 Å². The molecule has 0 radical (unpaired) electrons. The van der Waals surface area contributed by atoms with Crippen LogP contribution < -0.4 is 5.32 Å². The first kappa shape index (κ1) is 17.7. The molecule has 1 unspecified atom stereocenters. The minimum atomic E-state index is -0.306. The van der Waals surface area contributed by atoms with Crippen LogP contribution in [-0.4, -0.2) is 34.9 Å². The van der Waals surface area contributed by atoms with Crippen LogP contribution in [0.4, 0.5) is 0 Å². The number of nitrogens with one attached hydrogen (secondary N) is 1. The van der Waals surface area contributed by atoms with E-state index in [1.54, 1.807) is 18.6 Å². The van der Waals surface area contributed by atoms with Crippen LogP contribution in [-0.2, 0) is 11.2 Å². The number of hydrogen-bond donors (Lipinski definition) is 1. The van der Waals surface area contributed by atoms with Gasteiger partial charge in [0.15, 0.2) is 0 Å². The maximum Gasteiger partial charge on any atom is 0.263 e. The van der Waals surface area contributed by atoms with E-state index in [-0.39, 0.29) is 17.5 Å². The molecule has 22 heavy (non-hydrogen) atoms. The first-order chi connectivity index (χ1) is 10.6. The molecule has 1 atom stereocenters. The molecule has 5 nitrogen and oxygen atoms in total. The molecule has 118 valence electrons. The van der Waals surface area contributed by atoms with Gasteiger partial charge in [0.05, 0.1) is 0 Å². The van der Waals surface area contributed by atoms with E-state index in [1.807, 2.05) is 43.9 Å². The predicted octanol–water partition coefficient (Wildman–Crippen LogP) is 2.27. The fraction of sp³-hybridized carbons (Fsp3) is 0.471. The van der Waals surface area contributed by atoms with Crippen molar-refractivity contribution in [2.45, 2.75) is 39.7 Å². The van der Waals surface area contributed by atoms with Crippen molar-refractivity contribution in [3.05, 3.63) is 41.9 Å². The normalized spacial score (nSPS) is 12.4. The summed E-state index contributed by atoms with van der Waals surface area (Å²) in [6.45, 7) is 7.42.